The molecule has 0 aromatic carbocycles. The molecule has 1 rings (SSSR count). The normalized spacial score (nSPS) is 10.9. The SMILES string of the molecule is CC(C)(C)c1ncc(C#N)c(N)n1. The van der Waals surface area contributed by atoms with Crippen molar-refractivity contribution in [1.82, 2.24) is 9.97 Å². The highest BCUT2D eigenvalue weighted by atomic mass is 15.0. The van der Waals surface area contributed by atoms with Crippen LogP contribution in [-0.4, -0.2) is 9.97 Å². The van der Waals surface area contributed by atoms with Gasteiger partial charge in [0.2, 0.25) is 0 Å². The summed E-state index contributed by atoms with van der Waals surface area (Å²) in [4.78, 5) is 8.13. The summed E-state index contributed by atoms with van der Waals surface area (Å²) in [5.74, 6) is 0.909. The molecule has 13 heavy (non-hydrogen) atoms. The summed E-state index contributed by atoms with van der Waals surface area (Å²) in [6.07, 6.45) is 1.46. The maximum Gasteiger partial charge on any atom is 0.145 e. The molecule has 68 valence electrons. The Hall–Kier alpha value is -1.63. The second kappa shape index (κ2) is 3.02. The Morgan fingerprint density at radius 3 is 2.46 bits per heavy atom. The van der Waals surface area contributed by atoms with Crippen LogP contribution in [0, 0.1) is 11.3 Å². The third-order valence-electron chi connectivity index (χ3n) is 1.61. The molecule has 2 N–H and O–H groups in total. The zero-order valence-electron chi connectivity index (χ0n) is 8.00. The summed E-state index contributed by atoms with van der Waals surface area (Å²) in [6.45, 7) is 5.98. The van der Waals surface area contributed by atoms with Crippen LogP contribution in [0.25, 0.3) is 0 Å². The van der Waals surface area contributed by atoms with Crippen LogP contribution in [0.15, 0.2) is 6.20 Å². The number of nitriles is 1. The van der Waals surface area contributed by atoms with E-state index in [1.165, 1.54) is 6.20 Å². The van der Waals surface area contributed by atoms with Crippen molar-refractivity contribution in [3.05, 3.63) is 17.6 Å². The predicted molar refractivity (Wildman–Crippen MR) is 49.9 cm³/mol. The third-order valence-corrected chi connectivity index (χ3v) is 1.61. The average Bonchev–Trinajstić information content (AvgIpc) is 2.02. The van der Waals surface area contributed by atoms with Crippen LogP contribution < -0.4 is 5.73 Å². The molecule has 0 bridgehead atoms. The molecule has 0 unspecified atom stereocenters. The summed E-state index contributed by atoms with van der Waals surface area (Å²) in [7, 11) is 0. The van der Waals surface area contributed by atoms with Gasteiger partial charge in [0.05, 0.1) is 6.20 Å². The number of hydrogen-bond acceptors (Lipinski definition) is 4. The zero-order chi connectivity index (χ0) is 10.1. The second-order valence-corrected chi connectivity index (χ2v) is 3.85. The quantitative estimate of drug-likeness (QED) is 0.645. The lowest BCUT2D eigenvalue weighted by Gasteiger charge is -2.16. The van der Waals surface area contributed by atoms with Crippen LogP contribution in [0.4, 0.5) is 5.82 Å². The van der Waals surface area contributed by atoms with Gasteiger partial charge in [0.15, 0.2) is 0 Å². The van der Waals surface area contributed by atoms with Gasteiger partial charge in [-0.2, -0.15) is 5.26 Å². The highest BCUT2D eigenvalue weighted by Gasteiger charge is 2.18. The lowest BCUT2D eigenvalue weighted by Crippen LogP contribution is -2.17. The third kappa shape index (κ3) is 1.94. The van der Waals surface area contributed by atoms with Crippen molar-refractivity contribution in [2.75, 3.05) is 5.73 Å². The Balaban J connectivity index is 3.20. The van der Waals surface area contributed by atoms with Crippen molar-refractivity contribution in [3.8, 4) is 6.07 Å². The molecule has 0 fully saturated rings. The summed E-state index contributed by atoms with van der Waals surface area (Å²) >= 11 is 0. The Labute approximate surface area is 77.4 Å². The van der Waals surface area contributed by atoms with E-state index in [-0.39, 0.29) is 11.2 Å². The van der Waals surface area contributed by atoms with Gasteiger partial charge >= 0.3 is 0 Å². The minimum Gasteiger partial charge on any atom is -0.382 e. The minimum atomic E-state index is -0.137. The first-order chi connectivity index (χ1) is 5.95. The van der Waals surface area contributed by atoms with Crippen LogP contribution in [0.3, 0.4) is 0 Å². The Bertz CT molecular complexity index is 357. The molecule has 0 aliphatic heterocycles. The number of nitrogen functional groups attached to an aromatic ring is 1. The number of anilines is 1. The number of nitrogens with zero attached hydrogens (tertiary/aromatic N) is 3. The maximum atomic E-state index is 8.60. The minimum absolute atomic E-state index is 0.137. The fourth-order valence-electron chi connectivity index (χ4n) is 0.843. The fraction of sp³-hybridized carbons (Fsp3) is 0.444. The first-order valence-electron chi connectivity index (χ1n) is 3.98. The largest absolute Gasteiger partial charge is 0.382 e. The fourth-order valence-corrected chi connectivity index (χ4v) is 0.843. The number of rotatable bonds is 0. The molecule has 0 radical (unpaired) electrons. The standard InChI is InChI=1S/C9H12N4/c1-9(2,3)8-12-5-6(4-10)7(11)13-8/h5H,1-3H3,(H2,11,12,13). The van der Waals surface area contributed by atoms with Gasteiger partial charge in [0.25, 0.3) is 0 Å². The summed E-state index contributed by atoms with van der Waals surface area (Å²) < 4.78 is 0. The average molecular weight is 176 g/mol. The van der Waals surface area contributed by atoms with E-state index in [4.69, 9.17) is 11.0 Å². The van der Waals surface area contributed by atoms with Gasteiger partial charge < -0.3 is 5.73 Å². The molecule has 1 aromatic rings. The maximum absolute atomic E-state index is 8.60. The van der Waals surface area contributed by atoms with Crippen LogP contribution in [0.1, 0.15) is 32.2 Å². The first kappa shape index (κ1) is 9.46. The predicted octanol–water partition coefficient (Wildman–Crippen LogP) is 1.23. The van der Waals surface area contributed by atoms with Crippen molar-refractivity contribution in [2.24, 2.45) is 0 Å². The number of hydrogen-bond donors (Lipinski definition) is 1. The van der Waals surface area contributed by atoms with E-state index >= 15 is 0 Å². The van der Waals surface area contributed by atoms with E-state index in [2.05, 4.69) is 9.97 Å². The van der Waals surface area contributed by atoms with Crippen molar-refractivity contribution in [2.45, 2.75) is 26.2 Å². The highest BCUT2D eigenvalue weighted by molar-refractivity contribution is 5.46. The molecule has 4 nitrogen and oxygen atoms in total. The van der Waals surface area contributed by atoms with E-state index in [0.717, 1.165) is 0 Å². The Morgan fingerprint density at radius 2 is 2.08 bits per heavy atom. The van der Waals surface area contributed by atoms with Crippen molar-refractivity contribution in [1.29, 1.82) is 5.26 Å². The van der Waals surface area contributed by atoms with Crippen molar-refractivity contribution < 1.29 is 0 Å². The van der Waals surface area contributed by atoms with Crippen molar-refractivity contribution >= 4 is 5.82 Å². The molecule has 4 heteroatoms. The van der Waals surface area contributed by atoms with E-state index in [1.807, 2.05) is 26.8 Å². The van der Waals surface area contributed by atoms with E-state index in [1.54, 1.807) is 0 Å². The lowest BCUT2D eigenvalue weighted by molar-refractivity contribution is 0.546. The molecule has 0 amide bonds. The highest BCUT2D eigenvalue weighted by Crippen LogP contribution is 2.19. The van der Waals surface area contributed by atoms with Crippen LogP contribution in [-0.2, 0) is 5.41 Å². The molecule has 0 saturated heterocycles. The molecule has 1 aromatic heterocycles. The summed E-state index contributed by atoms with van der Waals surface area (Å²) in [5, 5.41) is 8.60. The van der Waals surface area contributed by atoms with Gasteiger partial charge in [-0.15, -0.1) is 0 Å². The molecule has 1 heterocycles. The topological polar surface area (TPSA) is 75.6 Å². The van der Waals surface area contributed by atoms with Gasteiger partial charge in [0, 0.05) is 5.41 Å². The van der Waals surface area contributed by atoms with E-state index < -0.39 is 0 Å². The second-order valence-electron chi connectivity index (χ2n) is 3.85. The number of aromatic nitrogens is 2. The van der Waals surface area contributed by atoms with Gasteiger partial charge in [0.1, 0.15) is 23.3 Å². The van der Waals surface area contributed by atoms with Gasteiger partial charge in [-0.3, -0.25) is 0 Å². The molecular formula is C9H12N4. The van der Waals surface area contributed by atoms with Crippen LogP contribution in [0.2, 0.25) is 0 Å². The molecular weight excluding hydrogens is 164 g/mol. The smallest absolute Gasteiger partial charge is 0.145 e. The summed E-state index contributed by atoms with van der Waals surface area (Å²) in [5.41, 5.74) is 5.75. The van der Waals surface area contributed by atoms with Crippen molar-refractivity contribution in [3.63, 3.8) is 0 Å². The van der Waals surface area contributed by atoms with Crippen LogP contribution >= 0.6 is 0 Å². The van der Waals surface area contributed by atoms with E-state index in [0.29, 0.717) is 11.4 Å². The lowest BCUT2D eigenvalue weighted by atomic mass is 9.96. The molecule has 0 aliphatic carbocycles. The zero-order valence-corrected chi connectivity index (χ0v) is 8.00. The molecule has 0 aliphatic rings. The summed E-state index contributed by atoms with van der Waals surface area (Å²) in [6, 6.07) is 1.92. The number of nitrogens with two attached hydrogens (primary N) is 1. The molecule has 0 atom stereocenters. The Kier molecular flexibility index (Phi) is 2.20. The van der Waals surface area contributed by atoms with Gasteiger partial charge in [-0.25, -0.2) is 9.97 Å². The monoisotopic (exact) mass is 176 g/mol. The first-order valence-corrected chi connectivity index (χ1v) is 3.98. The van der Waals surface area contributed by atoms with Gasteiger partial charge in [-0.05, 0) is 0 Å². The van der Waals surface area contributed by atoms with Crippen LogP contribution in [0.5, 0.6) is 0 Å². The van der Waals surface area contributed by atoms with Gasteiger partial charge in [-0.1, -0.05) is 20.8 Å². The molecule has 0 spiro atoms. The Morgan fingerprint density at radius 1 is 1.46 bits per heavy atom. The molecule has 0 saturated carbocycles. The van der Waals surface area contributed by atoms with E-state index in [9.17, 15) is 0 Å².